The average molecular weight is 320 g/mol. The van der Waals surface area contributed by atoms with Crippen LogP contribution in [0.3, 0.4) is 0 Å². The first kappa shape index (κ1) is 14.2. The number of hydrogen-bond acceptors (Lipinski definition) is 2. The lowest BCUT2D eigenvalue weighted by atomic mass is 10.2. The molecule has 0 amide bonds. The summed E-state index contributed by atoms with van der Waals surface area (Å²) in [5.74, 6) is 0.846. The number of nitrogens with two attached hydrogens (primary N) is 1. The summed E-state index contributed by atoms with van der Waals surface area (Å²) in [5, 5.41) is 1.31. The molecule has 5 heteroatoms. The van der Waals surface area contributed by atoms with E-state index in [1.807, 2.05) is 30.3 Å². The number of hydrogen-bond donors (Lipinski definition) is 1. The number of fused-ring (bicyclic) bond motifs is 1. The van der Waals surface area contributed by atoms with Gasteiger partial charge in [0.25, 0.3) is 0 Å². The lowest BCUT2D eigenvalue weighted by Gasteiger charge is -2.09. The number of benzene rings is 2. The van der Waals surface area contributed by atoms with Gasteiger partial charge in [-0.2, -0.15) is 0 Å². The van der Waals surface area contributed by atoms with Crippen molar-refractivity contribution in [2.45, 2.75) is 19.9 Å². The van der Waals surface area contributed by atoms with Gasteiger partial charge in [0.2, 0.25) is 0 Å². The molecule has 0 aliphatic rings. The molecule has 1 aromatic heterocycles. The summed E-state index contributed by atoms with van der Waals surface area (Å²) in [7, 11) is 0. The maximum Gasteiger partial charge on any atom is 0.142 e. The average Bonchev–Trinajstić information content (AvgIpc) is 2.78. The molecular formula is C16H15Cl2N3. The zero-order valence-electron chi connectivity index (χ0n) is 11.6. The topological polar surface area (TPSA) is 43.8 Å². The molecule has 2 N–H and O–H groups in total. The molecule has 0 unspecified atom stereocenters. The van der Waals surface area contributed by atoms with Crippen molar-refractivity contribution >= 4 is 39.9 Å². The Bertz CT molecular complexity index is 809. The van der Waals surface area contributed by atoms with Crippen molar-refractivity contribution in [2.24, 2.45) is 0 Å². The summed E-state index contributed by atoms with van der Waals surface area (Å²) in [6.07, 6.45) is 0.998. The zero-order chi connectivity index (χ0) is 15.0. The van der Waals surface area contributed by atoms with Crippen molar-refractivity contribution in [1.29, 1.82) is 0 Å². The molecule has 0 spiro atoms. The minimum absolute atomic E-state index is 0.605. The first-order valence-electron chi connectivity index (χ1n) is 6.81. The van der Waals surface area contributed by atoms with Crippen LogP contribution in [-0.2, 0) is 6.54 Å². The monoisotopic (exact) mass is 319 g/mol. The molecule has 3 nitrogen and oxygen atoms in total. The van der Waals surface area contributed by atoms with E-state index in [9.17, 15) is 0 Å². The Kier molecular flexibility index (Phi) is 3.79. The standard InChI is InChI=1S/C16H15Cl2N3/c1-2-7-21-15-8-10(17)3-6-14(15)20-16(21)12-5-4-11(19)9-13(12)18/h3-6,8-9H,2,7,19H2,1H3. The Hall–Kier alpha value is -1.71. The molecule has 0 bridgehead atoms. The molecule has 0 saturated carbocycles. The third kappa shape index (κ3) is 2.59. The largest absolute Gasteiger partial charge is 0.399 e. The molecular weight excluding hydrogens is 305 g/mol. The first-order valence-corrected chi connectivity index (χ1v) is 7.57. The summed E-state index contributed by atoms with van der Waals surface area (Å²) >= 11 is 12.5. The summed E-state index contributed by atoms with van der Waals surface area (Å²) < 4.78 is 2.15. The zero-order valence-corrected chi connectivity index (χ0v) is 13.1. The van der Waals surface area contributed by atoms with Crippen LogP contribution in [0.2, 0.25) is 10.0 Å². The van der Waals surface area contributed by atoms with Crippen LogP contribution < -0.4 is 5.73 Å². The maximum absolute atomic E-state index is 6.34. The second-order valence-corrected chi connectivity index (χ2v) is 5.80. The minimum Gasteiger partial charge on any atom is -0.399 e. The molecule has 0 aliphatic heterocycles. The molecule has 0 atom stereocenters. The molecule has 3 rings (SSSR count). The number of aryl methyl sites for hydroxylation is 1. The van der Waals surface area contributed by atoms with Crippen LogP contribution in [0.25, 0.3) is 22.4 Å². The Morgan fingerprint density at radius 3 is 2.67 bits per heavy atom. The quantitative estimate of drug-likeness (QED) is 0.690. The number of nitrogens with zero attached hydrogens (tertiary/aromatic N) is 2. The second-order valence-electron chi connectivity index (χ2n) is 4.96. The van der Waals surface area contributed by atoms with Crippen LogP contribution in [0, 0.1) is 0 Å². The highest BCUT2D eigenvalue weighted by molar-refractivity contribution is 6.33. The number of nitrogen functional groups attached to an aromatic ring is 1. The molecule has 0 saturated heterocycles. The van der Waals surface area contributed by atoms with Crippen LogP contribution in [0.15, 0.2) is 36.4 Å². The fourth-order valence-electron chi connectivity index (χ4n) is 2.46. The molecule has 3 aromatic rings. The van der Waals surface area contributed by atoms with Gasteiger partial charge in [-0.05, 0) is 42.8 Å². The Morgan fingerprint density at radius 1 is 1.14 bits per heavy atom. The van der Waals surface area contributed by atoms with Gasteiger partial charge in [-0.25, -0.2) is 4.98 Å². The van der Waals surface area contributed by atoms with E-state index >= 15 is 0 Å². The highest BCUT2D eigenvalue weighted by atomic mass is 35.5. The van der Waals surface area contributed by atoms with Crippen LogP contribution in [0.1, 0.15) is 13.3 Å². The van der Waals surface area contributed by atoms with Crippen LogP contribution in [0.5, 0.6) is 0 Å². The normalized spacial score (nSPS) is 11.2. The molecule has 108 valence electrons. The Labute approximate surface area is 133 Å². The van der Waals surface area contributed by atoms with E-state index in [1.54, 1.807) is 6.07 Å². The number of aromatic nitrogens is 2. The third-order valence-electron chi connectivity index (χ3n) is 3.39. The summed E-state index contributed by atoms with van der Waals surface area (Å²) in [4.78, 5) is 4.71. The van der Waals surface area contributed by atoms with Gasteiger partial charge in [-0.15, -0.1) is 0 Å². The highest BCUT2D eigenvalue weighted by Gasteiger charge is 2.15. The van der Waals surface area contributed by atoms with Gasteiger partial charge in [-0.3, -0.25) is 0 Å². The minimum atomic E-state index is 0.605. The number of rotatable bonds is 3. The summed E-state index contributed by atoms with van der Waals surface area (Å²) in [6, 6.07) is 11.2. The van der Waals surface area contributed by atoms with E-state index in [2.05, 4.69) is 11.5 Å². The molecule has 21 heavy (non-hydrogen) atoms. The van der Waals surface area contributed by atoms with Gasteiger partial charge in [0.15, 0.2) is 0 Å². The van der Waals surface area contributed by atoms with Crippen LogP contribution in [0.4, 0.5) is 5.69 Å². The predicted molar refractivity (Wildman–Crippen MR) is 89.9 cm³/mol. The van der Waals surface area contributed by atoms with Crippen molar-refractivity contribution in [1.82, 2.24) is 9.55 Å². The number of anilines is 1. The second kappa shape index (κ2) is 5.58. The summed E-state index contributed by atoms with van der Waals surface area (Å²) in [5.41, 5.74) is 9.23. The van der Waals surface area contributed by atoms with Gasteiger partial charge >= 0.3 is 0 Å². The molecule has 1 heterocycles. The fourth-order valence-corrected chi connectivity index (χ4v) is 2.90. The van der Waals surface area contributed by atoms with Gasteiger partial charge in [0.1, 0.15) is 5.82 Å². The van der Waals surface area contributed by atoms with Crippen molar-refractivity contribution in [3.8, 4) is 11.4 Å². The molecule has 2 aromatic carbocycles. The smallest absolute Gasteiger partial charge is 0.142 e. The first-order chi connectivity index (χ1) is 10.1. The van der Waals surface area contributed by atoms with Gasteiger partial charge in [0.05, 0.1) is 16.1 Å². The Balaban J connectivity index is 2.28. The number of halogens is 2. The third-order valence-corrected chi connectivity index (χ3v) is 3.94. The van der Waals surface area contributed by atoms with Crippen molar-refractivity contribution in [3.63, 3.8) is 0 Å². The van der Waals surface area contributed by atoms with Crippen molar-refractivity contribution in [3.05, 3.63) is 46.4 Å². The van der Waals surface area contributed by atoms with Crippen LogP contribution in [-0.4, -0.2) is 9.55 Å². The van der Waals surface area contributed by atoms with Crippen molar-refractivity contribution < 1.29 is 0 Å². The van der Waals surface area contributed by atoms with Gasteiger partial charge in [-0.1, -0.05) is 30.1 Å². The van der Waals surface area contributed by atoms with Gasteiger partial charge < -0.3 is 10.3 Å². The SMILES string of the molecule is CCCn1c(-c2ccc(N)cc2Cl)nc2ccc(Cl)cc21. The van der Waals surface area contributed by atoms with Gasteiger partial charge in [0, 0.05) is 22.8 Å². The molecule has 0 aliphatic carbocycles. The predicted octanol–water partition coefficient (Wildman–Crippen LogP) is 5.00. The van der Waals surface area contributed by atoms with E-state index in [0.717, 1.165) is 35.4 Å². The summed E-state index contributed by atoms with van der Waals surface area (Å²) in [6.45, 7) is 2.98. The maximum atomic E-state index is 6.34. The lowest BCUT2D eigenvalue weighted by Crippen LogP contribution is -2.00. The van der Waals surface area contributed by atoms with E-state index in [4.69, 9.17) is 33.9 Å². The molecule has 0 radical (unpaired) electrons. The lowest BCUT2D eigenvalue weighted by molar-refractivity contribution is 0.704. The van der Waals surface area contributed by atoms with Crippen molar-refractivity contribution in [2.75, 3.05) is 5.73 Å². The van der Waals surface area contributed by atoms with E-state index in [0.29, 0.717) is 15.7 Å². The van der Waals surface area contributed by atoms with E-state index < -0.39 is 0 Å². The highest BCUT2D eigenvalue weighted by Crippen LogP contribution is 2.32. The van der Waals surface area contributed by atoms with E-state index in [1.165, 1.54) is 0 Å². The Morgan fingerprint density at radius 2 is 1.95 bits per heavy atom. The van der Waals surface area contributed by atoms with E-state index in [-0.39, 0.29) is 0 Å². The fraction of sp³-hybridized carbons (Fsp3) is 0.188. The van der Waals surface area contributed by atoms with Crippen LogP contribution >= 0.6 is 23.2 Å². The molecule has 0 fully saturated rings. The number of imidazole rings is 1.